The monoisotopic (exact) mass is 461 g/mol. The summed E-state index contributed by atoms with van der Waals surface area (Å²) in [4.78, 5) is 53.3. The molecule has 3 amide bonds. The van der Waals surface area contributed by atoms with E-state index in [0.717, 1.165) is 16.5 Å². The van der Waals surface area contributed by atoms with Crippen molar-refractivity contribution in [2.45, 2.75) is 37.4 Å². The summed E-state index contributed by atoms with van der Waals surface area (Å²) in [6.45, 7) is 0.0178. The van der Waals surface area contributed by atoms with E-state index in [2.05, 4.69) is 28.2 Å². The first-order chi connectivity index (χ1) is 15.3. The number of benzene rings is 1. The molecule has 0 spiro atoms. The van der Waals surface area contributed by atoms with Crippen molar-refractivity contribution in [3.05, 3.63) is 36.0 Å². The van der Waals surface area contributed by atoms with Gasteiger partial charge in [0.15, 0.2) is 0 Å². The van der Waals surface area contributed by atoms with E-state index in [9.17, 15) is 24.3 Å². The number of fused-ring (bicyclic) bond motifs is 1. The van der Waals surface area contributed by atoms with E-state index in [0.29, 0.717) is 19.4 Å². The van der Waals surface area contributed by atoms with E-state index in [1.807, 2.05) is 24.3 Å². The number of carboxylic acid groups (broad SMARTS) is 1. The Balaban J connectivity index is 1.56. The molecule has 32 heavy (non-hydrogen) atoms. The molecule has 3 rings (SSSR count). The number of H-pyrrole nitrogens is 1. The highest BCUT2D eigenvalue weighted by molar-refractivity contribution is 7.80. The lowest BCUT2D eigenvalue weighted by Gasteiger charge is -2.26. The average molecular weight is 462 g/mol. The molecule has 1 aromatic carbocycles. The summed E-state index contributed by atoms with van der Waals surface area (Å²) in [5.41, 5.74) is 7.37. The van der Waals surface area contributed by atoms with Crippen molar-refractivity contribution in [2.24, 2.45) is 5.73 Å². The lowest BCUT2D eigenvalue weighted by Crippen LogP contribution is -2.53. The van der Waals surface area contributed by atoms with Crippen LogP contribution in [0.2, 0.25) is 0 Å². The Labute approximate surface area is 190 Å². The minimum Gasteiger partial charge on any atom is -0.480 e. The predicted octanol–water partition coefficient (Wildman–Crippen LogP) is -0.356. The van der Waals surface area contributed by atoms with E-state index in [1.165, 1.54) is 4.90 Å². The third-order valence-corrected chi connectivity index (χ3v) is 5.90. The first kappa shape index (κ1) is 23.6. The second-order valence-corrected chi connectivity index (χ2v) is 8.08. The van der Waals surface area contributed by atoms with Gasteiger partial charge in [-0.25, -0.2) is 4.79 Å². The number of aromatic amines is 1. The van der Waals surface area contributed by atoms with E-state index in [-0.39, 0.29) is 18.1 Å². The third-order valence-electron chi connectivity index (χ3n) is 5.51. The number of nitrogens with zero attached hydrogens (tertiary/aromatic N) is 1. The van der Waals surface area contributed by atoms with Crippen molar-refractivity contribution >= 4 is 47.2 Å². The molecule has 172 valence electrons. The Morgan fingerprint density at radius 2 is 2.03 bits per heavy atom. The maximum Gasteiger partial charge on any atom is 0.326 e. The highest BCUT2D eigenvalue weighted by Gasteiger charge is 2.36. The van der Waals surface area contributed by atoms with Gasteiger partial charge in [0.05, 0.1) is 12.6 Å². The molecule has 11 heteroatoms. The molecule has 2 aromatic rings. The van der Waals surface area contributed by atoms with Crippen LogP contribution in [0.4, 0.5) is 0 Å². The molecule has 0 saturated carbocycles. The van der Waals surface area contributed by atoms with Crippen LogP contribution in [0.3, 0.4) is 0 Å². The molecule has 10 nitrogen and oxygen atoms in total. The zero-order valence-corrected chi connectivity index (χ0v) is 18.3. The van der Waals surface area contributed by atoms with Gasteiger partial charge in [0.2, 0.25) is 17.7 Å². The number of thiol groups is 1. The number of aromatic nitrogens is 1. The number of amides is 3. The number of hydrogen-bond donors (Lipinski definition) is 6. The molecular formula is C21H27N5O5S. The van der Waals surface area contributed by atoms with Crippen molar-refractivity contribution in [3.63, 3.8) is 0 Å². The van der Waals surface area contributed by atoms with E-state index in [4.69, 9.17) is 5.73 Å². The first-order valence-corrected chi connectivity index (χ1v) is 11.0. The van der Waals surface area contributed by atoms with Crippen LogP contribution in [0.5, 0.6) is 0 Å². The Hall–Kier alpha value is -3.05. The van der Waals surface area contributed by atoms with Gasteiger partial charge in [-0.2, -0.15) is 12.6 Å². The summed E-state index contributed by atoms with van der Waals surface area (Å²) >= 11 is 4.02. The number of para-hydroxylation sites is 1. The molecule has 1 aliphatic rings. The van der Waals surface area contributed by atoms with Crippen LogP contribution >= 0.6 is 12.6 Å². The van der Waals surface area contributed by atoms with E-state index >= 15 is 0 Å². The molecule has 1 saturated heterocycles. The van der Waals surface area contributed by atoms with Gasteiger partial charge in [0.25, 0.3) is 0 Å². The third kappa shape index (κ3) is 5.40. The minimum atomic E-state index is -1.18. The van der Waals surface area contributed by atoms with Gasteiger partial charge in [-0.05, 0) is 24.5 Å². The van der Waals surface area contributed by atoms with Crippen LogP contribution in [0, 0.1) is 0 Å². The molecule has 1 fully saturated rings. The summed E-state index contributed by atoms with van der Waals surface area (Å²) in [7, 11) is 0. The highest BCUT2D eigenvalue weighted by atomic mass is 32.1. The lowest BCUT2D eigenvalue weighted by atomic mass is 10.0. The molecule has 0 bridgehead atoms. The van der Waals surface area contributed by atoms with Crippen LogP contribution in [0.15, 0.2) is 30.5 Å². The van der Waals surface area contributed by atoms with Crippen molar-refractivity contribution in [1.82, 2.24) is 20.5 Å². The fraction of sp³-hybridized carbons (Fsp3) is 0.429. The van der Waals surface area contributed by atoms with Crippen LogP contribution in [0.25, 0.3) is 10.9 Å². The molecular weight excluding hydrogens is 434 g/mol. The minimum absolute atomic E-state index is 0.0888. The number of carbonyl (C=O) groups is 4. The van der Waals surface area contributed by atoms with Gasteiger partial charge >= 0.3 is 5.97 Å². The summed E-state index contributed by atoms with van der Waals surface area (Å²) < 4.78 is 0. The molecule has 2 heterocycles. The first-order valence-electron chi connectivity index (χ1n) is 10.3. The van der Waals surface area contributed by atoms with Crippen molar-refractivity contribution in [1.29, 1.82) is 0 Å². The number of nitrogens with one attached hydrogen (secondary N) is 3. The summed E-state index contributed by atoms with van der Waals surface area (Å²) in [6.07, 6.45) is 2.93. The summed E-state index contributed by atoms with van der Waals surface area (Å²) in [6, 6.07) is 4.81. The molecule has 0 aliphatic carbocycles. The van der Waals surface area contributed by atoms with Crippen LogP contribution < -0.4 is 16.4 Å². The maximum atomic E-state index is 12.5. The van der Waals surface area contributed by atoms with Crippen LogP contribution in [0.1, 0.15) is 18.4 Å². The summed E-state index contributed by atoms with van der Waals surface area (Å²) in [5.74, 6) is -2.47. The molecule has 6 N–H and O–H groups in total. The van der Waals surface area contributed by atoms with Crippen molar-refractivity contribution in [3.8, 4) is 0 Å². The number of rotatable bonds is 9. The van der Waals surface area contributed by atoms with Gasteiger partial charge in [-0.15, -0.1) is 0 Å². The second-order valence-electron chi connectivity index (χ2n) is 7.72. The van der Waals surface area contributed by atoms with Crippen molar-refractivity contribution < 1.29 is 24.3 Å². The fourth-order valence-corrected chi connectivity index (χ4v) is 4.00. The zero-order valence-electron chi connectivity index (χ0n) is 17.4. The Morgan fingerprint density at radius 1 is 1.28 bits per heavy atom. The van der Waals surface area contributed by atoms with Gasteiger partial charge in [0.1, 0.15) is 12.1 Å². The van der Waals surface area contributed by atoms with Gasteiger partial charge < -0.3 is 31.4 Å². The standard InChI is InChI=1S/C21H27N5O5S/c22-14(11-32)20(29)26-7-3-6-17(26)19(28)24-10-18(27)25-16(21(30)31)8-12-9-23-15-5-2-1-4-13(12)15/h1-2,4-5,9,14,16-17,23,32H,3,6-8,10-11,22H2,(H,24,28)(H,25,27)(H,30,31). The van der Waals surface area contributed by atoms with E-state index < -0.39 is 42.5 Å². The predicted molar refractivity (Wildman–Crippen MR) is 121 cm³/mol. The van der Waals surface area contributed by atoms with Gasteiger partial charge in [-0.3, -0.25) is 14.4 Å². The summed E-state index contributed by atoms with van der Waals surface area (Å²) in [5, 5.41) is 15.4. The number of likely N-dealkylation sites (tertiary alicyclic amines) is 1. The molecule has 1 aliphatic heterocycles. The second kappa shape index (κ2) is 10.5. The highest BCUT2D eigenvalue weighted by Crippen LogP contribution is 2.20. The number of nitrogens with two attached hydrogens (primary N) is 1. The average Bonchev–Trinajstić information content (AvgIpc) is 3.43. The Kier molecular flexibility index (Phi) is 7.75. The fourth-order valence-electron chi connectivity index (χ4n) is 3.85. The maximum absolute atomic E-state index is 12.5. The topological polar surface area (TPSA) is 158 Å². The number of carboxylic acids is 1. The SMILES string of the molecule is NC(CS)C(=O)N1CCCC1C(=O)NCC(=O)NC(Cc1c[nH]c2ccccc12)C(=O)O. The molecule has 3 unspecified atom stereocenters. The molecule has 3 atom stereocenters. The Morgan fingerprint density at radius 3 is 2.75 bits per heavy atom. The largest absolute Gasteiger partial charge is 0.480 e. The smallest absolute Gasteiger partial charge is 0.326 e. The van der Waals surface area contributed by atoms with E-state index in [1.54, 1.807) is 6.20 Å². The van der Waals surface area contributed by atoms with Gasteiger partial charge in [0, 0.05) is 35.8 Å². The Bertz CT molecular complexity index is 1010. The molecule has 1 aromatic heterocycles. The normalized spacial score (nSPS) is 17.7. The van der Waals surface area contributed by atoms with Crippen LogP contribution in [-0.4, -0.2) is 75.6 Å². The quantitative estimate of drug-likeness (QED) is 0.280. The van der Waals surface area contributed by atoms with Crippen molar-refractivity contribution in [2.75, 3.05) is 18.8 Å². The van der Waals surface area contributed by atoms with Crippen LogP contribution in [-0.2, 0) is 25.6 Å². The number of aliphatic carboxylic acids is 1. The van der Waals surface area contributed by atoms with Gasteiger partial charge in [-0.1, -0.05) is 18.2 Å². The molecule has 0 radical (unpaired) electrons. The number of carbonyl (C=O) groups excluding carboxylic acids is 3. The zero-order chi connectivity index (χ0) is 23.3. The number of hydrogen-bond acceptors (Lipinski definition) is 6. The lowest BCUT2D eigenvalue weighted by molar-refractivity contribution is -0.142.